The van der Waals surface area contributed by atoms with Gasteiger partial charge in [-0.25, -0.2) is 9.78 Å². The van der Waals surface area contributed by atoms with Crippen molar-refractivity contribution in [2.75, 3.05) is 6.54 Å². The Balaban J connectivity index is 2.52. The molecular weight excluding hydrogens is 260 g/mol. The summed E-state index contributed by atoms with van der Waals surface area (Å²) in [6.07, 6.45) is 4.21. The number of carbonyl (C=O) groups is 2. The number of carboxylic acids is 1. The molecule has 0 bridgehead atoms. The molecule has 20 heavy (non-hydrogen) atoms. The minimum absolute atomic E-state index is 0.103. The Labute approximate surface area is 118 Å². The van der Waals surface area contributed by atoms with Crippen LogP contribution in [0.3, 0.4) is 0 Å². The highest BCUT2D eigenvalue weighted by atomic mass is 16.4. The van der Waals surface area contributed by atoms with Crippen LogP contribution in [0.2, 0.25) is 0 Å². The van der Waals surface area contributed by atoms with E-state index in [2.05, 4.69) is 20.6 Å². The molecule has 0 aliphatic heterocycles. The Morgan fingerprint density at radius 2 is 2.10 bits per heavy atom. The second-order valence-corrected chi connectivity index (χ2v) is 4.82. The summed E-state index contributed by atoms with van der Waals surface area (Å²) in [5.41, 5.74) is -0.911. The second kappa shape index (κ2) is 6.93. The number of H-pyrrole nitrogens is 1. The number of nitrogens with zero attached hydrogens (tertiary/aromatic N) is 1. The average molecular weight is 282 g/mol. The van der Waals surface area contributed by atoms with Gasteiger partial charge in [0.2, 0.25) is 0 Å². The van der Waals surface area contributed by atoms with Gasteiger partial charge in [0.05, 0.1) is 11.5 Å². The van der Waals surface area contributed by atoms with Gasteiger partial charge in [0.15, 0.2) is 0 Å². The lowest BCUT2D eigenvalue weighted by atomic mass is 9.82. The summed E-state index contributed by atoms with van der Waals surface area (Å²) in [7, 11) is 0. The van der Waals surface area contributed by atoms with E-state index >= 15 is 0 Å². The van der Waals surface area contributed by atoms with E-state index in [9.17, 15) is 14.7 Å². The van der Waals surface area contributed by atoms with E-state index in [1.807, 2.05) is 13.8 Å². The van der Waals surface area contributed by atoms with Crippen molar-refractivity contribution in [2.45, 2.75) is 39.7 Å². The van der Waals surface area contributed by atoms with Gasteiger partial charge in [-0.2, -0.15) is 0 Å². The number of nitrogens with one attached hydrogen (secondary N) is 3. The maximum absolute atomic E-state index is 11.8. The SMILES string of the molecule is CCC(CC)(CNC(=O)NC(C)c1ncc[nH]1)C(=O)O. The molecule has 4 N–H and O–H groups in total. The van der Waals surface area contributed by atoms with Crippen LogP contribution in [0.5, 0.6) is 0 Å². The smallest absolute Gasteiger partial charge is 0.315 e. The average Bonchev–Trinajstić information content (AvgIpc) is 2.94. The fourth-order valence-electron chi connectivity index (χ4n) is 1.96. The van der Waals surface area contributed by atoms with Gasteiger partial charge in [-0.1, -0.05) is 13.8 Å². The Morgan fingerprint density at radius 1 is 1.45 bits per heavy atom. The minimum Gasteiger partial charge on any atom is -0.481 e. The number of carbonyl (C=O) groups excluding carboxylic acids is 1. The van der Waals surface area contributed by atoms with E-state index in [1.54, 1.807) is 19.3 Å². The topological polar surface area (TPSA) is 107 Å². The molecule has 0 fully saturated rings. The number of amides is 2. The highest BCUT2D eigenvalue weighted by Gasteiger charge is 2.35. The minimum atomic E-state index is -0.911. The number of aromatic nitrogens is 2. The van der Waals surface area contributed by atoms with Crippen LogP contribution in [0.1, 0.15) is 45.5 Å². The first-order valence-corrected chi connectivity index (χ1v) is 6.72. The first kappa shape index (κ1) is 16.0. The molecule has 0 radical (unpaired) electrons. The van der Waals surface area contributed by atoms with E-state index in [4.69, 9.17) is 0 Å². The Bertz CT molecular complexity index is 440. The summed E-state index contributed by atoms with van der Waals surface area (Å²) < 4.78 is 0. The number of imidazole rings is 1. The van der Waals surface area contributed by atoms with Gasteiger partial charge in [0.1, 0.15) is 5.82 Å². The van der Waals surface area contributed by atoms with Gasteiger partial charge in [0.25, 0.3) is 0 Å². The zero-order valence-electron chi connectivity index (χ0n) is 12.1. The van der Waals surface area contributed by atoms with Gasteiger partial charge >= 0.3 is 12.0 Å². The highest BCUT2D eigenvalue weighted by molar-refractivity contribution is 5.78. The van der Waals surface area contributed by atoms with Gasteiger partial charge in [-0.15, -0.1) is 0 Å². The number of carboxylic acid groups (broad SMARTS) is 1. The van der Waals surface area contributed by atoms with Crippen molar-refractivity contribution in [2.24, 2.45) is 5.41 Å². The highest BCUT2D eigenvalue weighted by Crippen LogP contribution is 2.25. The van der Waals surface area contributed by atoms with Crippen LogP contribution < -0.4 is 10.6 Å². The molecule has 7 nitrogen and oxygen atoms in total. The molecule has 1 aromatic heterocycles. The van der Waals surface area contributed by atoms with Crippen molar-refractivity contribution in [3.8, 4) is 0 Å². The van der Waals surface area contributed by atoms with Crippen LogP contribution >= 0.6 is 0 Å². The molecule has 2 amide bonds. The van der Waals surface area contributed by atoms with E-state index in [-0.39, 0.29) is 12.6 Å². The van der Waals surface area contributed by atoms with Crippen molar-refractivity contribution in [3.63, 3.8) is 0 Å². The van der Waals surface area contributed by atoms with Crippen molar-refractivity contribution < 1.29 is 14.7 Å². The quantitative estimate of drug-likeness (QED) is 0.610. The maximum atomic E-state index is 11.8. The molecule has 1 aromatic rings. The molecule has 1 rings (SSSR count). The Hall–Kier alpha value is -2.05. The second-order valence-electron chi connectivity index (χ2n) is 4.82. The lowest BCUT2D eigenvalue weighted by Gasteiger charge is -2.27. The lowest BCUT2D eigenvalue weighted by Crippen LogP contribution is -2.46. The molecule has 1 atom stereocenters. The molecule has 0 aromatic carbocycles. The number of aliphatic carboxylic acids is 1. The van der Waals surface area contributed by atoms with Gasteiger partial charge < -0.3 is 20.7 Å². The Morgan fingerprint density at radius 3 is 2.55 bits per heavy atom. The van der Waals surface area contributed by atoms with Crippen LogP contribution in [0.25, 0.3) is 0 Å². The molecule has 0 saturated heterocycles. The summed E-state index contributed by atoms with van der Waals surface area (Å²) in [4.78, 5) is 30.1. The lowest BCUT2D eigenvalue weighted by molar-refractivity contribution is -0.149. The molecule has 1 heterocycles. The molecule has 7 heteroatoms. The zero-order valence-corrected chi connectivity index (χ0v) is 12.1. The molecule has 0 spiro atoms. The molecule has 0 saturated carbocycles. The van der Waals surface area contributed by atoms with E-state index in [1.165, 1.54) is 0 Å². The third kappa shape index (κ3) is 3.72. The van der Waals surface area contributed by atoms with Crippen molar-refractivity contribution in [1.29, 1.82) is 0 Å². The largest absolute Gasteiger partial charge is 0.481 e. The molecule has 1 unspecified atom stereocenters. The van der Waals surface area contributed by atoms with Crippen molar-refractivity contribution in [1.82, 2.24) is 20.6 Å². The summed E-state index contributed by atoms with van der Waals surface area (Å²) in [5, 5.41) is 14.6. The Kier molecular flexibility index (Phi) is 5.54. The van der Waals surface area contributed by atoms with Gasteiger partial charge in [-0.05, 0) is 19.8 Å². The summed E-state index contributed by atoms with van der Waals surface area (Å²) >= 11 is 0. The third-order valence-corrected chi connectivity index (χ3v) is 3.67. The van der Waals surface area contributed by atoms with Crippen LogP contribution in [0.4, 0.5) is 4.79 Å². The number of hydrogen-bond donors (Lipinski definition) is 4. The standard InChI is InChI=1S/C13H22N4O3/c1-4-13(5-2,11(18)19)8-16-12(20)17-9(3)10-14-6-7-15-10/h6-7,9H,4-5,8H2,1-3H3,(H,14,15)(H,18,19)(H2,16,17,20). The van der Waals surface area contributed by atoms with E-state index in [0.29, 0.717) is 18.7 Å². The van der Waals surface area contributed by atoms with Crippen LogP contribution in [0, 0.1) is 5.41 Å². The summed E-state index contributed by atoms with van der Waals surface area (Å²) in [5.74, 6) is -0.238. The molecule has 0 aliphatic rings. The van der Waals surface area contributed by atoms with Gasteiger partial charge in [0, 0.05) is 18.9 Å². The van der Waals surface area contributed by atoms with Crippen LogP contribution in [-0.4, -0.2) is 33.6 Å². The fraction of sp³-hybridized carbons (Fsp3) is 0.615. The third-order valence-electron chi connectivity index (χ3n) is 3.67. The van der Waals surface area contributed by atoms with Crippen LogP contribution in [0.15, 0.2) is 12.4 Å². The van der Waals surface area contributed by atoms with E-state index < -0.39 is 17.4 Å². The van der Waals surface area contributed by atoms with Crippen molar-refractivity contribution >= 4 is 12.0 Å². The number of rotatable bonds is 7. The maximum Gasteiger partial charge on any atom is 0.315 e. The summed E-state index contributed by atoms with van der Waals surface area (Å²) in [6.45, 7) is 5.51. The number of urea groups is 1. The normalized spacial score (nSPS) is 12.8. The monoisotopic (exact) mass is 282 g/mol. The zero-order chi connectivity index (χ0) is 15.2. The number of aromatic amines is 1. The van der Waals surface area contributed by atoms with Crippen LogP contribution in [-0.2, 0) is 4.79 Å². The fourth-order valence-corrected chi connectivity index (χ4v) is 1.96. The van der Waals surface area contributed by atoms with E-state index in [0.717, 1.165) is 0 Å². The predicted octanol–water partition coefficient (Wildman–Crippen LogP) is 1.66. The molecule has 112 valence electrons. The first-order chi connectivity index (χ1) is 9.45. The number of hydrogen-bond acceptors (Lipinski definition) is 3. The van der Waals surface area contributed by atoms with Gasteiger partial charge in [-0.3, -0.25) is 4.79 Å². The predicted molar refractivity (Wildman–Crippen MR) is 74.2 cm³/mol. The first-order valence-electron chi connectivity index (χ1n) is 6.72. The molecular formula is C13H22N4O3. The summed E-state index contributed by atoms with van der Waals surface area (Å²) in [6, 6.07) is -0.672. The van der Waals surface area contributed by atoms with Crippen molar-refractivity contribution in [3.05, 3.63) is 18.2 Å². The molecule has 0 aliphatic carbocycles.